The predicted octanol–water partition coefficient (Wildman–Crippen LogP) is 1.09. The third-order valence-electron chi connectivity index (χ3n) is 6.09. The Labute approximate surface area is 217 Å². The number of nitrogens with one attached hydrogen (secondary N) is 3. The molecule has 1 atom stereocenters. The van der Waals surface area contributed by atoms with E-state index in [0.29, 0.717) is 35.5 Å². The maximum absolute atomic E-state index is 13.1. The molecular formula is C25H25N5O7S. The number of nitrogens with zero attached hydrogens (tertiary/aromatic N) is 1. The van der Waals surface area contributed by atoms with E-state index in [2.05, 4.69) is 20.0 Å². The fraction of sp³-hybridized carbons (Fsp3) is 0.240. The van der Waals surface area contributed by atoms with Crippen molar-refractivity contribution in [1.82, 2.24) is 15.3 Å². The minimum absolute atomic E-state index is 0.0513. The number of sulfonamides is 1. The summed E-state index contributed by atoms with van der Waals surface area (Å²) in [5.41, 5.74) is 7.30. The highest BCUT2D eigenvalue weighted by Crippen LogP contribution is 2.32. The molecule has 1 aliphatic carbocycles. The lowest BCUT2D eigenvalue weighted by Gasteiger charge is -2.19. The molecular weight excluding hydrogens is 514 g/mol. The highest BCUT2D eigenvalue weighted by molar-refractivity contribution is 7.92. The van der Waals surface area contributed by atoms with Crippen LogP contribution in [0.25, 0.3) is 11.1 Å². The van der Waals surface area contributed by atoms with Crippen LogP contribution in [-0.2, 0) is 32.5 Å². The number of carboxylic acids is 1. The second kappa shape index (κ2) is 10.5. The molecule has 0 fully saturated rings. The van der Waals surface area contributed by atoms with Crippen LogP contribution in [0.2, 0.25) is 0 Å². The van der Waals surface area contributed by atoms with Crippen molar-refractivity contribution in [3.05, 3.63) is 75.5 Å². The number of benzene rings is 2. The zero-order valence-electron chi connectivity index (χ0n) is 20.3. The van der Waals surface area contributed by atoms with Crippen LogP contribution in [0.5, 0.6) is 0 Å². The summed E-state index contributed by atoms with van der Waals surface area (Å²) < 4.78 is 28.7. The van der Waals surface area contributed by atoms with Gasteiger partial charge in [0.05, 0.1) is 16.2 Å². The first-order valence-corrected chi connectivity index (χ1v) is 13.1. The van der Waals surface area contributed by atoms with E-state index in [9.17, 15) is 32.7 Å². The van der Waals surface area contributed by atoms with Crippen molar-refractivity contribution in [2.75, 3.05) is 4.72 Å². The van der Waals surface area contributed by atoms with Gasteiger partial charge in [0.2, 0.25) is 5.91 Å². The molecule has 13 heteroatoms. The van der Waals surface area contributed by atoms with Crippen molar-refractivity contribution in [2.45, 2.75) is 43.5 Å². The lowest BCUT2D eigenvalue weighted by molar-refractivity contribution is -0.139. The minimum atomic E-state index is -4.05. The minimum Gasteiger partial charge on any atom is -0.480 e. The van der Waals surface area contributed by atoms with E-state index in [-0.39, 0.29) is 34.5 Å². The van der Waals surface area contributed by atoms with E-state index in [0.717, 1.165) is 5.56 Å². The number of H-pyrrole nitrogens is 1. The van der Waals surface area contributed by atoms with Crippen molar-refractivity contribution in [1.29, 1.82) is 0 Å². The van der Waals surface area contributed by atoms with Gasteiger partial charge in [-0.25, -0.2) is 18.2 Å². The summed E-state index contributed by atoms with van der Waals surface area (Å²) in [6.45, 7) is 1.69. The van der Waals surface area contributed by atoms with Gasteiger partial charge in [-0.05, 0) is 73.7 Å². The fourth-order valence-corrected chi connectivity index (χ4v) is 5.30. The Hall–Kier alpha value is -4.52. The maximum atomic E-state index is 13.1. The molecule has 0 saturated carbocycles. The van der Waals surface area contributed by atoms with E-state index < -0.39 is 33.8 Å². The molecule has 2 amide bonds. The summed E-state index contributed by atoms with van der Waals surface area (Å²) in [6.07, 6.45) is 0.828. The van der Waals surface area contributed by atoms with Crippen LogP contribution in [0, 0.1) is 6.92 Å². The third kappa shape index (κ3) is 5.72. The number of primary amides is 1. The summed E-state index contributed by atoms with van der Waals surface area (Å²) in [4.78, 5) is 54.3. The molecule has 6 N–H and O–H groups in total. The number of rotatable bonds is 9. The van der Waals surface area contributed by atoms with Crippen LogP contribution >= 0.6 is 0 Å². The quantitative estimate of drug-likeness (QED) is 0.266. The molecule has 0 spiro atoms. The fourth-order valence-electron chi connectivity index (χ4n) is 4.22. The van der Waals surface area contributed by atoms with Gasteiger partial charge in [0.1, 0.15) is 11.9 Å². The standard InChI is InChI=1S/C25H25N5O7S/c1-13-27-19-9-5-14-4-8-17(12-18(14)22(19)24(33)28-13)38(36,37)30-16-6-2-15(3-7-16)23(32)29-20(25(34)35)10-11-21(26)31/h2-4,6-8,12,20,30H,5,9-11H2,1H3,(H2,26,31)(H,29,32)(H,34,35)(H,27,28,33)/t20-/m0/s1. The van der Waals surface area contributed by atoms with Crippen LogP contribution in [0.4, 0.5) is 5.69 Å². The molecule has 3 aromatic rings. The number of hydrogen-bond donors (Lipinski definition) is 5. The smallest absolute Gasteiger partial charge is 0.326 e. The van der Waals surface area contributed by atoms with Gasteiger partial charge in [-0.1, -0.05) is 6.07 Å². The SMILES string of the molecule is Cc1nc2c(c(=O)[nH]1)-c1cc(S(=O)(=O)Nc3ccc(C(=O)N[C@@H](CCC(N)=O)C(=O)O)cc3)ccc1CC2. The topological polar surface area (TPSA) is 201 Å². The number of aryl methyl sites for hydroxylation is 3. The molecule has 0 saturated heterocycles. The zero-order valence-corrected chi connectivity index (χ0v) is 21.1. The first kappa shape index (κ1) is 26.5. The number of nitrogens with two attached hydrogens (primary N) is 1. The van der Waals surface area contributed by atoms with E-state index in [4.69, 9.17) is 5.73 Å². The van der Waals surface area contributed by atoms with Crippen LogP contribution < -0.4 is 21.3 Å². The van der Waals surface area contributed by atoms with Gasteiger partial charge in [-0.3, -0.25) is 19.1 Å². The molecule has 38 heavy (non-hydrogen) atoms. The molecule has 12 nitrogen and oxygen atoms in total. The van der Waals surface area contributed by atoms with Crippen molar-refractivity contribution in [3.8, 4) is 11.1 Å². The van der Waals surface area contributed by atoms with Crippen LogP contribution in [0.1, 0.15) is 40.3 Å². The Morgan fingerprint density at radius 3 is 2.50 bits per heavy atom. The van der Waals surface area contributed by atoms with E-state index >= 15 is 0 Å². The lowest BCUT2D eigenvalue weighted by atomic mass is 9.89. The summed E-state index contributed by atoms with van der Waals surface area (Å²) >= 11 is 0. The number of anilines is 1. The summed E-state index contributed by atoms with van der Waals surface area (Å²) in [5, 5.41) is 11.6. The number of carbonyl (C=O) groups is 3. The highest BCUT2D eigenvalue weighted by atomic mass is 32.2. The van der Waals surface area contributed by atoms with Gasteiger partial charge in [0.25, 0.3) is 21.5 Å². The molecule has 0 aliphatic heterocycles. The average molecular weight is 540 g/mol. The number of amides is 2. The second-order valence-electron chi connectivity index (χ2n) is 8.84. The molecule has 1 aliphatic rings. The van der Waals surface area contributed by atoms with Crippen molar-refractivity contribution < 1.29 is 27.9 Å². The first-order valence-electron chi connectivity index (χ1n) is 11.6. The van der Waals surface area contributed by atoms with Crippen molar-refractivity contribution >= 4 is 33.5 Å². The molecule has 2 aromatic carbocycles. The van der Waals surface area contributed by atoms with Crippen molar-refractivity contribution in [3.63, 3.8) is 0 Å². The van der Waals surface area contributed by atoms with Crippen LogP contribution in [0.3, 0.4) is 0 Å². The Balaban J connectivity index is 1.52. The monoisotopic (exact) mass is 539 g/mol. The molecule has 1 aromatic heterocycles. The number of hydrogen-bond acceptors (Lipinski definition) is 7. The number of carbonyl (C=O) groups excluding carboxylic acids is 2. The second-order valence-corrected chi connectivity index (χ2v) is 10.5. The molecule has 1 heterocycles. The van der Waals surface area contributed by atoms with E-state index in [1.807, 2.05) is 0 Å². The Kier molecular flexibility index (Phi) is 7.30. The van der Waals surface area contributed by atoms with Crippen LogP contribution in [0.15, 0.2) is 52.2 Å². The molecule has 0 radical (unpaired) electrons. The highest BCUT2D eigenvalue weighted by Gasteiger charge is 2.25. The number of aliphatic carboxylic acids is 1. The van der Waals surface area contributed by atoms with E-state index in [1.165, 1.54) is 36.4 Å². The maximum Gasteiger partial charge on any atom is 0.326 e. The normalized spacial score (nSPS) is 13.1. The van der Waals surface area contributed by atoms with Gasteiger partial charge in [-0.2, -0.15) is 0 Å². The molecule has 0 unspecified atom stereocenters. The average Bonchev–Trinajstić information content (AvgIpc) is 2.85. The first-order chi connectivity index (χ1) is 17.9. The summed E-state index contributed by atoms with van der Waals surface area (Å²) in [7, 11) is -4.05. The predicted molar refractivity (Wildman–Crippen MR) is 137 cm³/mol. The number of aromatic amines is 1. The zero-order chi connectivity index (χ0) is 27.6. The summed E-state index contributed by atoms with van der Waals surface area (Å²) in [6, 6.07) is 8.65. The van der Waals surface area contributed by atoms with Crippen molar-refractivity contribution in [2.24, 2.45) is 5.73 Å². The largest absolute Gasteiger partial charge is 0.480 e. The number of carboxylic acid groups (broad SMARTS) is 1. The van der Waals surface area contributed by atoms with Gasteiger partial charge < -0.3 is 21.1 Å². The van der Waals surface area contributed by atoms with Gasteiger partial charge >= 0.3 is 5.97 Å². The number of fused-ring (bicyclic) bond motifs is 3. The lowest BCUT2D eigenvalue weighted by Crippen LogP contribution is -2.41. The Morgan fingerprint density at radius 2 is 1.84 bits per heavy atom. The molecule has 0 bridgehead atoms. The van der Waals surface area contributed by atoms with Gasteiger partial charge in [0, 0.05) is 17.7 Å². The molecule has 4 rings (SSSR count). The Morgan fingerprint density at radius 1 is 1.13 bits per heavy atom. The van der Waals surface area contributed by atoms with E-state index in [1.54, 1.807) is 13.0 Å². The van der Waals surface area contributed by atoms with Crippen LogP contribution in [-0.4, -0.2) is 47.3 Å². The number of aromatic nitrogens is 2. The molecule has 198 valence electrons. The van der Waals surface area contributed by atoms with Gasteiger partial charge in [0.15, 0.2) is 0 Å². The summed E-state index contributed by atoms with van der Waals surface area (Å²) in [5.74, 6) is -2.23. The van der Waals surface area contributed by atoms with Gasteiger partial charge in [-0.15, -0.1) is 0 Å². The third-order valence-corrected chi connectivity index (χ3v) is 7.47. The Bertz CT molecular complexity index is 1600.